The number of benzene rings is 2. The van der Waals surface area contributed by atoms with Crippen LogP contribution in [-0.2, 0) is 11.3 Å². The lowest BCUT2D eigenvalue weighted by Crippen LogP contribution is -2.24. The predicted molar refractivity (Wildman–Crippen MR) is 93.0 cm³/mol. The lowest BCUT2D eigenvalue weighted by molar-refractivity contribution is -0.118. The van der Waals surface area contributed by atoms with E-state index in [0.717, 1.165) is 16.8 Å². The van der Waals surface area contributed by atoms with Gasteiger partial charge in [0, 0.05) is 6.54 Å². The molecule has 0 radical (unpaired) electrons. The van der Waals surface area contributed by atoms with Crippen molar-refractivity contribution in [2.45, 2.75) is 11.7 Å². The van der Waals surface area contributed by atoms with E-state index in [9.17, 15) is 13.6 Å². The highest BCUT2D eigenvalue weighted by Gasteiger charge is 2.07. The number of hydrogen-bond acceptors (Lipinski definition) is 3. The third-order valence-corrected chi connectivity index (χ3v) is 4.34. The van der Waals surface area contributed by atoms with Gasteiger partial charge in [-0.2, -0.15) is 0 Å². The second-order valence-corrected chi connectivity index (χ2v) is 6.26. The van der Waals surface area contributed by atoms with E-state index in [1.54, 1.807) is 30.5 Å². The molecule has 1 amide bonds. The van der Waals surface area contributed by atoms with Crippen molar-refractivity contribution < 1.29 is 13.6 Å². The minimum Gasteiger partial charge on any atom is -0.351 e. The van der Waals surface area contributed by atoms with Crippen LogP contribution in [0.4, 0.5) is 8.78 Å². The monoisotopic (exact) mass is 359 g/mol. The topological polar surface area (TPSA) is 57.8 Å². The Balaban J connectivity index is 1.49. The first-order chi connectivity index (χ1) is 12.1. The number of carbonyl (C=O) groups excluding carboxylic acids is 1. The Morgan fingerprint density at radius 3 is 2.36 bits per heavy atom. The highest BCUT2D eigenvalue weighted by atomic mass is 32.2. The molecule has 0 atom stereocenters. The molecule has 0 aliphatic carbocycles. The smallest absolute Gasteiger partial charge is 0.230 e. The molecular weight excluding hydrogens is 344 g/mol. The largest absolute Gasteiger partial charge is 0.351 e. The van der Waals surface area contributed by atoms with Crippen LogP contribution in [0.2, 0.25) is 0 Å². The summed E-state index contributed by atoms with van der Waals surface area (Å²) in [6.07, 6.45) is 1.64. The molecule has 3 aromatic rings. The molecule has 4 nitrogen and oxygen atoms in total. The molecule has 2 aromatic carbocycles. The number of nitrogens with zero attached hydrogens (tertiary/aromatic N) is 1. The third kappa shape index (κ3) is 4.90. The molecule has 25 heavy (non-hydrogen) atoms. The van der Waals surface area contributed by atoms with Crippen LogP contribution in [-0.4, -0.2) is 21.6 Å². The van der Waals surface area contributed by atoms with Gasteiger partial charge < -0.3 is 10.3 Å². The van der Waals surface area contributed by atoms with Gasteiger partial charge in [-0.15, -0.1) is 0 Å². The number of rotatable bonds is 6. The standard InChI is InChI=1S/C18H15F2N3OS/c19-14-5-1-12(2-6-14)9-21-17(24)11-25-18-22-10-16(23-18)13-3-7-15(20)8-4-13/h1-8,10H,9,11H2,(H,21,24)(H,22,23). The van der Waals surface area contributed by atoms with Gasteiger partial charge in [-0.25, -0.2) is 13.8 Å². The Morgan fingerprint density at radius 2 is 1.68 bits per heavy atom. The van der Waals surface area contributed by atoms with E-state index in [1.165, 1.54) is 36.0 Å². The number of aromatic amines is 1. The first kappa shape index (κ1) is 17.2. The fourth-order valence-corrected chi connectivity index (χ4v) is 2.82. The first-order valence-corrected chi connectivity index (χ1v) is 8.53. The Hall–Kier alpha value is -2.67. The van der Waals surface area contributed by atoms with Crippen LogP contribution in [0.5, 0.6) is 0 Å². The van der Waals surface area contributed by atoms with Crippen molar-refractivity contribution >= 4 is 17.7 Å². The van der Waals surface area contributed by atoms with E-state index in [1.807, 2.05) is 0 Å². The number of thioether (sulfide) groups is 1. The summed E-state index contributed by atoms with van der Waals surface area (Å²) in [5.41, 5.74) is 2.41. The number of imidazole rings is 1. The summed E-state index contributed by atoms with van der Waals surface area (Å²) in [5.74, 6) is -0.539. The Labute approximate surface area is 147 Å². The van der Waals surface area contributed by atoms with Gasteiger partial charge in [-0.1, -0.05) is 23.9 Å². The maximum atomic E-state index is 12.9. The summed E-state index contributed by atoms with van der Waals surface area (Å²) in [4.78, 5) is 19.2. The van der Waals surface area contributed by atoms with Crippen LogP contribution in [0.3, 0.4) is 0 Å². The lowest BCUT2D eigenvalue weighted by Gasteiger charge is -2.04. The number of halogens is 2. The maximum Gasteiger partial charge on any atom is 0.230 e. The molecular formula is C18H15F2N3OS. The summed E-state index contributed by atoms with van der Waals surface area (Å²) in [7, 11) is 0. The highest BCUT2D eigenvalue weighted by Crippen LogP contribution is 2.21. The predicted octanol–water partition coefficient (Wildman–Crippen LogP) is 3.76. The van der Waals surface area contributed by atoms with Crippen molar-refractivity contribution in [2.75, 3.05) is 5.75 Å². The van der Waals surface area contributed by atoms with Crippen LogP contribution >= 0.6 is 11.8 Å². The molecule has 0 unspecified atom stereocenters. The molecule has 0 fully saturated rings. The van der Waals surface area contributed by atoms with Gasteiger partial charge in [-0.05, 0) is 47.5 Å². The molecule has 0 spiro atoms. The minimum atomic E-state index is -0.305. The van der Waals surface area contributed by atoms with Crippen molar-refractivity contribution in [2.24, 2.45) is 0 Å². The van der Waals surface area contributed by atoms with Crippen LogP contribution in [0.1, 0.15) is 5.56 Å². The summed E-state index contributed by atoms with van der Waals surface area (Å²) in [6.45, 7) is 0.346. The number of amides is 1. The number of H-pyrrole nitrogens is 1. The number of nitrogens with one attached hydrogen (secondary N) is 2. The van der Waals surface area contributed by atoms with Crippen molar-refractivity contribution in [3.05, 3.63) is 71.9 Å². The van der Waals surface area contributed by atoms with Crippen LogP contribution in [0.25, 0.3) is 11.3 Å². The molecule has 0 saturated heterocycles. The fraction of sp³-hybridized carbons (Fsp3) is 0.111. The molecule has 0 bridgehead atoms. The normalized spacial score (nSPS) is 10.6. The second kappa shape index (κ2) is 7.94. The first-order valence-electron chi connectivity index (χ1n) is 7.55. The van der Waals surface area contributed by atoms with Gasteiger partial charge in [0.15, 0.2) is 5.16 Å². The lowest BCUT2D eigenvalue weighted by atomic mass is 10.2. The van der Waals surface area contributed by atoms with Crippen molar-refractivity contribution in [1.29, 1.82) is 0 Å². The molecule has 0 aliphatic rings. The van der Waals surface area contributed by atoms with Crippen molar-refractivity contribution in [3.8, 4) is 11.3 Å². The van der Waals surface area contributed by atoms with Crippen LogP contribution in [0.15, 0.2) is 59.9 Å². The van der Waals surface area contributed by atoms with Gasteiger partial charge in [0.05, 0.1) is 17.6 Å². The second-order valence-electron chi connectivity index (χ2n) is 5.30. The van der Waals surface area contributed by atoms with E-state index in [0.29, 0.717) is 11.7 Å². The van der Waals surface area contributed by atoms with Crippen LogP contribution < -0.4 is 5.32 Å². The van der Waals surface area contributed by atoms with Gasteiger partial charge in [0.25, 0.3) is 0 Å². The van der Waals surface area contributed by atoms with Crippen molar-refractivity contribution in [3.63, 3.8) is 0 Å². The highest BCUT2D eigenvalue weighted by molar-refractivity contribution is 7.99. The molecule has 0 aliphatic heterocycles. The molecule has 1 aromatic heterocycles. The molecule has 0 saturated carbocycles. The molecule has 2 N–H and O–H groups in total. The number of carbonyl (C=O) groups is 1. The summed E-state index contributed by atoms with van der Waals surface area (Å²) < 4.78 is 25.8. The van der Waals surface area contributed by atoms with Gasteiger partial charge in [0.2, 0.25) is 5.91 Å². The van der Waals surface area contributed by atoms with Crippen LogP contribution in [0, 0.1) is 11.6 Å². The summed E-state index contributed by atoms with van der Waals surface area (Å²) in [6, 6.07) is 12.1. The molecule has 7 heteroatoms. The summed E-state index contributed by atoms with van der Waals surface area (Å²) in [5, 5.41) is 3.38. The van der Waals surface area contributed by atoms with Gasteiger partial charge in [-0.3, -0.25) is 4.79 Å². The fourth-order valence-electron chi connectivity index (χ4n) is 2.14. The number of hydrogen-bond donors (Lipinski definition) is 2. The zero-order chi connectivity index (χ0) is 17.6. The third-order valence-electron chi connectivity index (χ3n) is 3.45. The molecule has 1 heterocycles. The Bertz CT molecular complexity index is 848. The zero-order valence-corrected chi connectivity index (χ0v) is 13.9. The Kier molecular flexibility index (Phi) is 5.45. The summed E-state index contributed by atoms with van der Waals surface area (Å²) >= 11 is 1.27. The van der Waals surface area contributed by atoms with E-state index in [-0.39, 0.29) is 23.3 Å². The average molecular weight is 359 g/mol. The van der Waals surface area contributed by atoms with E-state index in [4.69, 9.17) is 0 Å². The quantitative estimate of drug-likeness (QED) is 0.659. The van der Waals surface area contributed by atoms with Crippen molar-refractivity contribution in [1.82, 2.24) is 15.3 Å². The maximum absolute atomic E-state index is 12.9. The Morgan fingerprint density at radius 1 is 1.04 bits per heavy atom. The van der Waals surface area contributed by atoms with Gasteiger partial charge in [0.1, 0.15) is 11.6 Å². The molecule has 3 rings (SSSR count). The number of aromatic nitrogens is 2. The van der Waals surface area contributed by atoms with Gasteiger partial charge >= 0.3 is 0 Å². The SMILES string of the molecule is O=C(CSc1ncc(-c2ccc(F)cc2)[nH]1)NCc1ccc(F)cc1. The average Bonchev–Trinajstić information content (AvgIpc) is 3.09. The minimum absolute atomic E-state index is 0.144. The zero-order valence-electron chi connectivity index (χ0n) is 13.1. The molecule has 128 valence electrons. The van der Waals surface area contributed by atoms with E-state index < -0.39 is 0 Å². The van der Waals surface area contributed by atoms with E-state index in [2.05, 4.69) is 15.3 Å². The van der Waals surface area contributed by atoms with E-state index >= 15 is 0 Å².